The average Bonchev–Trinajstić information content (AvgIpc) is 2.71. The van der Waals surface area contributed by atoms with Gasteiger partial charge in [-0.15, -0.1) is 10.2 Å². The van der Waals surface area contributed by atoms with Gasteiger partial charge in [0.1, 0.15) is 0 Å². The molecule has 0 aliphatic heterocycles. The second-order valence-corrected chi connectivity index (χ2v) is 5.05. The van der Waals surface area contributed by atoms with Gasteiger partial charge >= 0.3 is 5.97 Å². The molecule has 0 atom stereocenters. The number of carboxylic acids is 1. The molecule has 0 fully saturated rings. The zero-order chi connectivity index (χ0) is 13.8. The molecule has 0 saturated carbocycles. The Labute approximate surface area is 118 Å². The van der Waals surface area contributed by atoms with E-state index in [9.17, 15) is 4.79 Å². The summed E-state index contributed by atoms with van der Waals surface area (Å²) in [6.45, 7) is 0.403. The van der Waals surface area contributed by atoms with E-state index < -0.39 is 5.97 Å². The van der Waals surface area contributed by atoms with Gasteiger partial charge in [0.2, 0.25) is 5.95 Å². The zero-order valence-electron chi connectivity index (χ0n) is 9.78. The Morgan fingerprint density at radius 3 is 2.84 bits per heavy atom. The number of benzene rings is 1. The van der Waals surface area contributed by atoms with Crippen molar-refractivity contribution in [2.24, 2.45) is 0 Å². The van der Waals surface area contributed by atoms with Gasteiger partial charge in [-0.3, -0.25) is 9.36 Å². The lowest BCUT2D eigenvalue weighted by Gasteiger charge is -2.08. The highest BCUT2D eigenvalue weighted by Crippen LogP contribution is 2.22. The summed E-state index contributed by atoms with van der Waals surface area (Å²) in [6.07, 6.45) is 0. The summed E-state index contributed by atoms with van der Waals surface area (Å²) in [6, 6.07) is 7.35. The molecular weight excluding hydrogens is 288 g/mol. The molecule has 1 heterocycles. The van der Waals surface area contributed by atoms with E-state index in [0.717, 1.165) is 17.3 Å². The van der Waals surface area contributed by atoms with E-state index in [-0.39, 0.29) is 11.7 Å². The van der Waals surface area contributed by atoms with Crippen LogP contribution in [0.5, 0.6) is 0 Å². The van der Waals surface area contributed by atoms with Gasteiger partial charge < -0.3 is 10.8 Å². The topological polar surface area (TPSA) is 94.0 Å². The van der Waals surface area contributed by atoms with E-state index in [1.165, 1.54) is 0 Å². The largest absolute Gasteiger partial charge is 0.481 e. The van der Waals surface area contributed by atoms with Crippen LogP contribution < -0.4 is 5.73 Å². The normalized spacial score (nSPS) is 10.6. The Hall–Kier alpha value is -1.73. The summed E-state index contributed by atoms with van der Waals surface area (Å²) in [5.74, 6) is -0.788. The van der Waals surface area contributed by atoms with Crippen molar-refractivity contribution < 1.29 is 9.90 Å². The second kappa shape index (κ2) is 5.94. The minimum Gasteiger partial charge on any atom is -0.481 e. The van der Waals surface area contributed by atoms with Gasteiger partial charge in [0.05, 0.1) is 12.3 Å². The molecular formula is C11H11ClN4O2S. The number of hydrogen-bond donors (Lipinski definition) is 2. The molecule has 0 aliphatic carbocycles. The predicted octanol–water partition coefficient (Wildman–Crippen LogP) is 1.74. The van der Waals surface area contributed by atoms with Crippen molar-refractivity contribution in [3.8, 4) is 0 Å². The first-order valence-corrected chi connectivity index (χ1v) is 6.71. The van der Waals surface area contributed by atoms with Gasteiger partial charge in [-0.1, -0.05) is 41.6 Å². The maximum absolute atomic E-state index is 10.6. The molecule has 0 amide bonds. The van der Waals surface area contributed by atoms with Crippen LogP contribution in [0, 0.1) is 0 Å². The fourth-order valence-electron chi connectivity index (χ4n) is 1.48. The molecule has 19 heavy (non-hydrogen) atoms. The molecule has 2 rings (SSSR count). The lowest BCUT2D eigenvalue weighted by Crippen LogP contribution is -2.07. The van der Waals surface area contributed by atoms with Crippen molar-refractivity contribution in [1.29, 1.82) is 0 Å². The quantitative estimate of drug-likeness (QED) is 0.817. The van der Waals surface area contributed by atoms with Crippen molar-refractivity contribution in [1.82, 2.24) is 14.8 Å². The minimum absolute atomic E-state index is 0.0966. The van der Waals surface area contributed by atoms with Crippen molar-refractivity contribution >= 4 is 35.3 Å². The summed E-state index contributed by atoms with van der Waals surface area (Å²) < 4.78 is 1.63. The fourth-order valence-corrected chi connectivity index (χ4v) is 2.34. The predicted molar refractivity (Wildman–Crippen MR) is 73.3 cm³/mol. The van der Waals surface area contributed by atoms with Crippen LogP contribution in [0.4, 0.5) is 5.95 Å². The number of nitrogens with two attached hydrogens (primary N) is 1. The minimum atomic E-state index is -0.920. The molecule has 3 N–H and O–H groups in total. The molecule has 100 valence electrons. The van der Waals surface area contributed by atoms with Crippen LogP contribution in [0.25, 0.3) is 0 Å². The van der Waals surface area contributed by atoms with Crippen LogP contribution in [-0.4, -0.2) is 31.6 Å². The number of thioether (sulfide) groups is 1. The van der Waals surface area contributed by atoms with Gasteiger partial charge in [-0.05, 0) is 11.6 Å². The maximum Gasteiger partial charge on any atom is 0.313 e. The van der Waals surface area contributed by atoms with Crippen LogP contribution in [0.3, 0.4) is 0 Å². The molecule has 0 aliphatic rings. The first-order valence-electron chi connectivity index (χ1n) is 5.34. The molecule has 6 nitrogen and oxygen atoms in total. The van der Waals surface area contributed by atoms with Gasteiger partial charge in [-0.2, -0.15) is 0 Å². The van der Waals surface area contributed by atoms with Gasteiger partial charge in [0.15, 0.2) is 5.16 Å². The molecule has 1 aromatic carbocycles. The Bertz CT molecular complexity index is 602. The van der Waals surface area contributed by atoms with E-state index in [2.05, 4.69) is 10.2 Å². The first kappa shape index (κ1) is 13.7. The summed E-state index contributed by atoms with van der Waals surface area (Å²) >= 11 is 7.15. The number of anilines is 1. The van der Waals surface area contributed by atoms with E-state index >= 15 is 0 Å². The molecule has 1 aromatic heterocycles. The number of aliphatic carboxylic acids is 1. The maximum atomic E-state index is 10.6. The summed E-state index contributed by atoms with van der Waals surface area (Å²) in [7, 11) is 0. The van der Waals surface area contributed by atoms with Crippen molar-refractivity contribution in [2.75, 3.05) is 11.5 Å². The molecule has 0 unspecified atom stereocenters. The van der Waals surface area contributed by atoms with Crippen LogP contribution >= 0.6 is 23.4 Å². The van der Waals surface area contributed by atoms with Crippen LogP contribution in [0.1, 0.15) is 5.56 Å². The smallest absolute Gasteiger partial charge is 0.313 e. The molecule has 0 saturated heterocycles. The number of halogens is 1. The number of nitrogens with zero attached hydrogens (tertiary/aromatic N) is 3. The average molecular weight is 299 g/mol. The second-order valence-electron chi connectivity index (χ2n) is 3.70. The Morgan fingerprint density at radius 2 is 2.16 bits per heavy atom. The third-order valence-corrected chi connectivity index (χ3v) is 3.68. The third kappa shape index (κ3) is 3.39. The number of carboxylic acid groups (broad SMARTS) is 1. The monoisotopic (exact) mass is 298 g/mol. The van der Waals surface area contributed by atoms with Crippen molar-refractivity contribution in [2.45, 2.75) is 11.7 Å². The van der Waals surface area contributed by atoms with Crippen molar-refractivity contribution in [3.05, 3.63) is 34.9 Å². The highest BCUT2D eigenvalue weighted by molar-refractivity contribution is 7.99. The number of nitrogen functional groups attached to an aromatic ring is 1. The van der Waals surface area contributed by atoms with E-state index in [1.807, 2.05) is 18.2 Å². The standard InChI is InChI=1S/C11H11ClN4O2S/c12-8-4-2-1-3-7(8)5-16-10(13)14-15-11(16)19-6-9(17)18/h1-4H,5-6H2,(H2,13,14)(H,17,18). The highest BCUT2D eigenvalue weighted by atomic mass is 35.5. The molecule has 0 spiro atoms. The first-order chi connectivity index (χ1) is 9.08. The highest BCUT2D eigenvalue weighted by Gasteiger charge is 2.13. The zero-order valence-corrected chi connectivity index (χ0v) is 11.4. The fraction of sp³-hybridized carbons (Fsp3) is 0.182. The van der Waals surface area contributed by atoms with Crippen LogP contribution in [0.2, 0.25) is 5.02 Å². The number of carbonyl (C=O) groups is 1. The molecule has 8 heteroatoms. The van der Waals surface area contributed by atoms with E-state index in [0.29, 0.717) is 16.7 Å². The number of hydrogen-bond acceptors (Lipinski definition) is 5. The van der Waals surface area contributed by atoms with E-state index in [4.69, 9.17) is 22.4 Å². The van der Waals surface area contributed by atoms with Gasteiger partial charge in [0, 0.05) is 5.02 Å². The number of rotatable bonds is 5. The van der Waals surface area contributed by atoms with Crippen molar-refractivity contribution in [3.63, 3.8) is 0 Å². The Balaban J connectivity index is 2.22. The Morgan fingerprint density at radius 1 is 1.42 bits per heavy atom. The SMILES string of the molecule is Nc1nnc(SCC(=O)O)n1Cc1ccccc1Cl. The summed E-state index contributed by atoms with van der Waals surface area (Å²) in [4.78, 5) is 10.6. The lowest BCUT2D eigenvalue weighted by molar-refractivity contribution is -0.133. The van der Waals surface area contributed by atoms with Gasteiger partial charge in [0.25, 0.3) is 0 Å². The third-order valence-electron chi connectivity index (χ3n) is 2.36. The Kier molecular flexibility index (Phi) is 4.28. The molecule has 0 radical (unpaired) electrons. The summed E-state index contributed by atoms with van der Waals surface area (Å²) in [5, 5.41) is 17.4. The number of aromatic nitrogens is 3. The van der Waals surface area contributed by atoms with Gasteiger partial charge in [-0.25, -0.2) is 0 Å². The molecule has 0 bridgehead atoms. The van der Waals surface area contributed by atoms with Crippen LogP contribution in [0.15, 0.2) is 29.4 Å². The summed E-state index contributed by atoms with van der Waals surface area (Å²) in [5.41, 5.74) is 6.60. The van der Waals surface area contributed by atoms with E-state index in [1.54, 1.807) is 10.6 Å². The van der Waals surface area contributed by atoms with Crippen LogP contribution in [-0.2, 0) is 11.3 Å². The lowest BCUT2D eigenvalue weighted by atomic mass is 10.2. The molecule has 2 aromatic rings.